The Bertz CT molecular complexity index is 987. The average Bonchev–Trinajstić information content (AvgIpc) is 3.05. The van der Waals surface area contributed by atoms with Gasteiger partial charge in [0.05, 0.1) is 5.92 Å². The highest BCUT2D eigenvalue weighted by molar-refractivity contribution is 5.97. The first-order valence-electron chi connectivity index (χ1n) is 9.70. The molecular weight excluding hydrogens is 332 g/mol. The van der Waals surface area contributed by atoms with E-state index in [0.717, 1.165) is 28.9 Å². The molecule has 0 spiro atoms. The Morgan fingerprint density at radius 1 is 0.889 bits per heavy atom. The van der Waals surface area contributed by atoms with Crippen LogP contribution in [0, 0.1) is 34.6 Å². The maximum atomic E-state index is 12.2. The van der Waals surface area contributed by atoms with Gasteiger partial charge in [-0.25, -0.2) is 0 Å². The zero-order chi connectivity index (χ0) is 19.9. The molecule has 1 unspecified atom stereocenters. The molecule has 1 aromatic carbocycles. The van der Waals surface area contributed by atoms with E-state index in [1.54, 1.807) is 6.92 Å². The van der Waals surface area contributed by atoms with E-state index in [0.29, 0.717) is 0 Å². The Balaban J connectivity index is 2.29. The summed E-state index contributed by atoms with van der Waals surface area (Å²) in [6, 6.07) is 8.71. The molecule has 0 aliphatic rings. The van der Waals surface area contributed by atoms with Crippen LogP contribution in [0.3, 0.4) is 0 Å². The minimum absolute atomic E-state index is 0.0522. The van der Waals surface area contributed by atoms with Gasteiger partial charge in [-0.05, 0) is 70.2 Å². The van der Waals surface area contributed by atoms with Crippen LogP contribution in [0.4, 0.5) is 0 Å². The van der Waals surface area contributed by atoms with E-state index in [2.05, 4.69) is 68.9 Å². The number of carbonyl (C=O) groups is 1. The number of ketones is 1. The smallest absolute Gasteiger partial charge is 0.161 e. The molecule has 2 aromatic heterocycles. The van der Waals surface area contributed by atoms with Gasteiger partial charge in [-0.3, -0.25) is 4.79 Å². The standard InChI is InChI=1S/C24H30N2O/c1-8-20-14(3)23(25-16(20)5)22(19-11-9-13(2)10-12-19)24-15(4)21(18(7)27)17(6)26-24/h9-12,22,25-26H,8H2,1-7H3. The fourth-order valence-corrected chi connectivity index (χ4v) is 4.46. The number of hydrogen-bond donors (Lipinski definition) is 2. The van der Waals surface area contributed by atoms with Crippen LogP contribution in [0.1, 0.15) is 80.7 Å². The molecule has 0 saturated heterocycles. The van der Waals surface area contributed by atoms with Crippen molar-refractivity contribution in [1.29, 1.82) is 0 Å². The van der Waals surface area contributed by atoms with Crippen molar-refractivity contribution in [3.63, 3.8) is 0 Å². The van der Waals surface area contributed by atoms with Crippen molar-refractivity contribution in [2.24, 2.45) is 0 Å². The lowest BCUT2D eigenvalue weighted by Gasteiger charge is -2.19. The number of H-pyrrole nitrogens is 2. The fourth-order valence-electron chi connectivity index (χ4n) is 4.46. The number of nitrogens with one attached hydrogen (secondary N) is 2. The van der Waals surface area contributed by atoms with Crippen molar-refractivity contribution in [2.75, 3.05) is 0 Å². The third-order valence-corrected chi connectivity index (χ3v) is 5.80. The SMILES string of the molecule is CCc1c(C)[nH]c(C(c2ccc(C)cc2)c2[nH]c(C)c(C(C)=O)c2C)c1C. The van der Waals surface area contributed by atoms with E-state index >= 15 is 0 Å². The molecule has 2 N–H and O–H groups in total. The van der Waals surface area contributed by atoms with E-state index in [9.17, 15) is 4.79 Å². The molecule has 1 atom stereocenters. The van der Waals surface area contributed by atoms with Crippen molar-refractivity contribution in [1.82, 2.24) is 9.97 Å². The van der Waals surface area contributed by atoms with Gasteiger partial charge in [0, 0.05) is 28.3 Å². The van der Waals surface area contributed by atoms with Crippen LogP contribution in [0.5, 0.6) is 0 Å². The first-order valence-corrected chi connectivity index (χ1v) is 9.70. The number of benzene rings is 1. The Hall–Kier alpha value is -2.55. The molecule has 142 valence electrons. The number of hydrogen-bond acceptors (Lipinski definition) is 1. The van der Waals surface area contributed by atoms with Crippen LogP contribution < -0.4 is 0 Å². The fraction of sp³-hybridized carbons (Fsp3) is 0.375. The topological polar surface area (TPSA) is 48.6 Å². The van der Waals surface area contributed by atoms with Gasteiger partial charge in [-0.15, -0.1) is 0 Å². The number of carbonyl (C=O) groups excluding carboxylic acids is 1. The lowest BCUT2D eigenvalue weighted by molar-refractivity contribution is 0.101. The summed E-state index contributed by atoms with van der Waals surface area (Å²) in [5.74, 6) is 0.167. The maximum absolute atomic E-state index is 12.2. The number of aromatic nitrogens is 2. The van der Waals surface area contributed by atoms with Gasteiger partial charge in [0.1, 0.15) is 0 Å². The third-order valence-electron chi connectivity index (χ3n) is 5.80. The summed E-state index contributed by atoms with van der Waals surface area (Å²) in [6.45, 7) is 14.4. The molecule has 0 aliphatic heterocycles. The van der Waals surface area contributed by atoms with Crippen molar-refractivity contribution in [3.8, 4) is 0 Å². The van der Waals surface area contributed by atoms with Gasteiger partial charge in [-0.2, -0.15) is 0 Å². The van der Waals surface area contributed by atoms with Crippen molar-refractivity contribution in [2.45, 2.75) is 60.8 Å². The first-order chi connectivity index (χ1) is 12.8. The highest BCUT2D eigenvalue weighted by Gasteiger charge is 2.28. The summed E-state index contributed by atoms with van der Waals surface area (Å²) in [5.41, 5.74) is 11.5. The van der Waals surface area contributed by atoms with Crippen LogP contribution >= 0.6 is 0 Å². The molecule has 3 nitrogen and oxygen atoms in total. The Labute approximate surface area is 162 Å². The van der Waals surface area contributed by atoms with Crippen LogP contribution in [0.2, 0.25) is 0 Å². The summed E-state index contributed by atoms with van der Waals surface area (Å²) < 4.78 is 0. The number of Topliss-reactive ketones (excluding diaryl/α,β-unsaturated/α-hetero) is 1. The second-order valence-electron chi connectivity index (χ2n) is 7.68. The highest BCUT2D eigenvalue weighted by atomic mass is 16.1. The molecule has 0 saturated carbocycles. The van der Waals surface area contributed by atoms with Crippen LogP contribution in [0.15, 0.2) is 24.3 Å². The summed E-state index contributed by atoms with van der Waals surface area (Å²) in [5, 5.41) is 0. The van der Waals surface area contributed by atoms with E-state index in [1.165, 1.54) is 33.6 Å². The molecule has 0 amide bonds. The molecule has 27 heavy (non-hydrogen) atoms. The molecule has 3 aromatic rings. The summed E-state index contributed by atoms with van der Waals surface area (Å²) in [6.07, 6.45) is 1.01. The molecule has 3 rings (SSSR count). The lowest BCUT2D eigenvalue weighted by Crippen LogP contribution is -2.08. The van der Waals surface area contributed by atoms with Crippen molar-refractivity contribution < 1.29 is 4.79 Å². The van der Waals surface area contributed by atoms with Crippen LogP contribution in [-0.2, 0) is 6.42 Å². The Kier molecular flexibility index (Phi) is 5.14. The molecule has 0 fully saturated rings. The molecule has 0 aliphatic carbocycles. The average molecular weight is 363 g/mol. The zero-order valence-corrected chi connectivity index (χ0v) is 17.5. The second-order valence-corrected chi connectivity index (χ2v) is 7.68. The molecule has 0 radical (unpaired) electrons. The van der Waals surface area contributed by atoms with Crippen molar-refractivity contribution in [3.05, 3.63) is 80.4 Å². The van der Waals surface area contributed by atoms with Crippen molar-refractivity contribution >= 4 is 5.78 Å². The number of aryl methyl sites for hydroxylation is 3. The van der Waals surface area contributed by atoms with Gasteiger partial charge >= 0.3 is 0 Å². The van der Waals surface area contributed by atoms with E-state index in [-0.39, 0.29) is 11.7 Å². The van der Waals surface area contributed by atoms with Gasteiger partial charge in [-0.1, -0.05) is 36.8 Å². The second kappa shape index (κ2) is 7.22. The predicted octanol–water partition coefficient (Wildman–Crippen LogP) is 5.83. The van der Waals surface area contributed by atoms with E-state index in [4.69, 9.17) is 0 Å². The highest BCUT2D eigenvalue weighted by Crippen LogP contribution is 2.38. The van der Waals surface area contributed by atoms with E-state index in [1.807, 2.05) is 6.92 Å². The quantitative estimate of drug-likeness (QED) is 0.551. The zero-order valence-electron chi connectivity index (χ0n) is 17.5. The molecule has 2 heterocycles. The third kappa shape index (κ3) is 3.27. The first kappa shape index (κ1) is 19.2. The molecule has 0 bridgehead atoms. The number of aromatic amines is 2. The van der Waals surface area contributed by atoms with Gasteiger partial charge in [0.15, 0.2) is 5.78 Å². The minimum atomic E-state index is 0.0522. The monoisotopic (exact) mass is 362 g/mol. The normalized spacial score (nSPS) is 12.4. The van der Waals surface area contributed by atoms with Crippen LogP contribution in [0.25, 0.3) is 0 Å². The summed E-state index contributed by atoms with van der Waals surface area (Å²) in [4.78, 5) is 19.4. The lowest BCUT2D eigenvalue weighted by atomic mass is 9.87. The van der Waals surface area contributed by atoms with E-state index < -0.39 is 0 Å². The van der Waals surface area contributed by atoms with Gasteiger partial charge < -0.3 is 9.97 Å². The Morgan fingerprint density at radius 3 is 1.93 bits per heavy atom. The maximum Gasteiger partial charge on any atom is 0.161 e. The van der Waals surface area contributed by atoms with Crippen LogP contribution in [-0.4, -0.2) is 15.8 Å². The Morgan fingerprint density at radius 2 is 1.44 bits per heavy atom. The number of rotatable bonds is 5. The molecule has 3 heteroatoms. The minimum Gasteiger partial charge on any atom is -0.361 e. The largest absolute Gasteiger partial charge is 0.361 e. The molecular formula is C24H30N2O. The summed E-state index contributed by atoms with van der Waals surface area (Å²) in [7, 11) is 0. The summed E-state index contributed by atoms with van der Waals surface area (Å²) >= 11 is 0. The van der Waals surface area contributed by atoms with Gasteiger partial charge in [0.25, 0.3) is 0 Å². The predicted molar refractivity (Wildman–Crippen MR) is 112 cm³/mol. The van der Waals surface area contributed by atoms with Gasteiger partial charge in [0.2, 0.25) is 0 Å².